The van der Waals surface area contributed by atoms with Crippen LogP contribution in [0.2, 0.25) is 0 Å². The fourth-order valence-electron chi connectivity index (χ4n) is 2.67. The minimum absolute atomic E-state index is 0.0657. The molecule has 4 nitrogen and oxygen atoms in total. The third-order valence-electron chi connectivity index (χ3n) is 3.68. The van der Waals surface area contributed by atoms with Crippen LogP contribution in [0.15, 0.2) is 24.3 Å². The maximum Gasteiger partial charge on any atom is 0.300 e. The predicted octanol–water partition coefficient (Wildman–Crippen LogP) is 5.40. The van der Waals surface area contributed by atoms with E-state index in [2.05, 4.69) is 9.97 Å². The highest BCUT2D eigenvalue weighted by atomic mass is 32.1. The number of carboxylic acid groups (broad SMARTS) is 1. The first-order chi connectivity index (χ1) is 12.7. The molecule has 0 saturated carbocycles. The van der Waals surface area contributed by atoms with E-state index in [0.29, 0.717) is 33.2 Å². The molecule has 27 heavy (non-hydrogen) atoms. The van der Waals surface area contributed by atoms with Crippen LogP contribution in [0.3, 0.4) is 0 Å². The summed E-state index contributed by atoms with van der Waals surface area (Å²) in [5.74, 6) is -4.60. The van der Waals surface area contributed by atoms with Gasteiger partial charge in [0.15, 0.2) is 11.6 Å². The number of hydrogen-bond donors (Lipinski definition) is 2. The number of nitrogens with one attached hydrogen (secondary N) is 1. The molecule has 0 fully saturated rings. The number of benzene rings is 2. The molecular formula is C18H12F4N2O2S. The summed E-state index contributed by atoms with van der Waals surface area (Å²) in [7, 11) is 0. The Labute approximate surface area is 154 Å². The molecule has 0 aliphatic heterocycles. The summed E-state index contributed by atoms with van der Waals surface area (Å²) in [4.78, 5) is 16.1. The summed E-state index contributed by atoms with van der Waals surface area (Å²) in [5, 5.41) is 8.28. The van der Waals surface area contributed by atoms with Crippen molar-refractivity contribution in [2.24, 2.45) is 0 Å². The van der Waals surface area contributed by atoms with E-state index in [9.17, 15) is 17.6 Å². The lowest BCUT2D eigenvalue weighted by Gasteiger charge is -1.96. The number of hydrogen-bond acceptors (Lipinski definition) is 3. The van der Waals surface area contributed by atoms with Gasteiger partial charge in [0.1, 0.15) is 22.2 Å². The zero-order chi connectivity index (χ0) is 19.9. The zero-order valence-corrected chi connectivity index (χ0v) is 14.8. The Morgan fingerprint density at radius 2 is 1.81 bits per heavy atom. The number of rotatable bonds is 1. The van der Waals surface area contributed by atoms with Crippen LogP contribution >= 0.6 is 11.3 Å². The van der Waals surface area contributed by atoms with Gasteiger partial charge in [0.05, 0.1) is 4.70 Å². The number of aromatic amines is 1. The highest BCUT2D eigenvalue weighted by Gasteiger charge is 2.21. The lowest BCUT2D eigenvalue weighted by molar-refractivity contribution is -0.134. The molecule has 0 aliphatic rings. The number of nitrogens with zero attached hydrogens (tertiary/aromatic N) is 1. The average molecular weight is 396 g/mol. The maximum absolute atomic E-state index is 13.9. The van der Waals surface area contributed by atoms with Crippen LogP contribution in [0.5, 0.6) is 0 Å². The van der Waals surface area contributed by atoms with E-state index in [0.717, 1.165) is 18.3 Å². The van der Waals surface area contributed by atoms with Crippen molar-refractivity contribution in [2.75, 3.05) is 0 Å². The van der Waals surface area contributed by atoms with Crippen LogP contribution in [0.1, 0.15) is 12.6 Å². The van der Waals surface area contributed by atoms with Crippen molar-refractivity contribution in [2.45, 2.75) is 13.8 Å². The lowest BCUT2D eigenvalue weighted by atomic mass is 10.1. The second-order valence-corrected chi connectivity index (χ2v) is 6.68. The highest BCUT2D eigenvalue weighted by Crippen LogP contribution is 2.39. The SMILES string of the molecule is CC(=O)O.Cc1[nH]c2ccc(F)cc2c1-c1nc2c(F)c(F)cc(F)c2s1. The standard InChI is InChI=1S/C16H8F4N2S.C2H4O2/c1-6-12(8-4-7(17)2-3-11(8)21-6)16-22-14-13(20)9(18)5-10(19)15(14)23-16;1-2(3)4/h2-5,21H,1H3;1H3,(H,3,4). The number of aromatic nitrogens is 2. The Balaban J connectivity index is 0.000000481. The molecule has 0 atom stereocenters. The van der Waals surface area contributed by atoms with Gasteiger partial charge in [-0.25, -0.2) is 22.5 Å². The normalized spacial score (nSPS) is 10.9. The fraction of sp³-hybridized carbons (Fsp3) is 0.111. The van der Waals surface area contributed by atoms with Gasteiger partial charge in [-0.1, -0.05) is 0 Å². The molecule has 9 heteroatoms. The van der Waals surface area contributed by atoms with Crippen molar-refractivity contribution < 1.29 is 27.5 Å². The van der Waals surface area contributed by atoms with E-state index < -0.39 is 29.2 Å². The second-order valence-electron chi connectivity index (χ2n) is 5.68. The third-order valence-corrected chi connectivity index (χ3v) is 4.76. The minimum atomic E-state index is -1.28. The fourth-order valence-corrected chi connectivity index (χ4v) is 3.75. The molecule has 0 amide bonds. The summed E-state index contributed by atoms with van der Waals surface area (Å²) >= 11 is 0.904. The largest absolute Gasteiger partial charge is 0.481 e. The number of H-pyrrole nitrogens is 1. The molecule has 140 valence electrons. The van der Waals surface area contributed by atoms with Gasteiger partial charge in [0.25, 0.3) is 5.97 Å². The number of thiazole rings is 1. The smallest absolute Gasteiger partial charge is 0.300 e. The molecule has 4 aromatic rings. The zero-order valence-electron chi connectivity index (χ0n) is 14.0. The Morgan fingerprint density at radius 3 is 2.48 bits per heavy atom. The Morgan fingerprint density at radius 1 is 1.15 bits per heavy atom. The molecule has 2 aromatic heterocycles. The molecule has 0 aliphatic carbocycles. The van der Waals surface area contributed by atoms with Gasteiger partial charge in [-0.2, -0.15) is 0 Å². The quantitative estimate of drug-likeness (QED) is 0.334. The van der Waals surface area contributed by atoms with E-state index >= 15 is 0 Å². The van der Waals surface area contributed by atoms with Crippen molar-refractivity contribution in [3.63, 3.8) is 0 Å². The molecule has 2 N–H and O–H groups in total. The van der Waals surface area contributed by atoms with E-state index in [1.165, 1.54) is 12.1 Å². The van der Waals surface area contributed by atoms with Crippen LogP contribution < -0.4 is 0 Å². The summed E-state index contributed by atoms with van der Waals surface area (Å²) in [6.07, 6.45) is 0. The predicted molar refractivity (Wildman–Crippen MR) is 94.8 cm³/mol. The summed E-state index contributed by atoms with van der Waals surface area (Å²) in [6.45, 7) is 2.84. The van der Waals surface area contributed by atoms with Crippen molar-refractivity contribution in [3.8, 4) is 10.6 Å². The molecule has 2 heterocycles. The molecule has 0 unspecified atom stereocenters. The van der Waals surface area contributed by atoms with Crippen LogP contribution in [0, 0.1) is 30.2 Å². The first-order valence-electron chi connectivity index (χ1n) is 7.60. The van der Waals surface area contributed by atoms with Crippen LogP contribution in [-0.2, 0) is 4.79 Å². The van der Waals surface area contributed by atoms with E-state index in [4.69, 9.17) is 9.90 Å². The third kappa shape index (κ3) is 3.50. The maximum atomic E-state index is 13.9. The van der Waals surface area contributed by atoms with E-state index in [1.54, 1.807) is 13.0 Å². The lowest BCUT2D eigenvalue weighted by Crippen LogP contribution is -1.88. The van der Waals surface area contributed by atoms with Crippen molar-refractivity contribution in [1.29, 1.82) is 0 Å². The minimum Gasteiger partial charge on any atom is -0.481 e. The average Bonchev–Trinajstić information content (AvgIpc) is 3.13. The van der Waals surface area contributed by atoms with Gasteiger partial charge in [0, 0.05) is 35.2 Å². The van der Waals surface area contributed by atoms with Crippen molar-refractivity contribution in [3.05, 3.63) is 53.2 Å². The Bertz CT molecular complexity index is 1180. The molecule has 2 aromatic carbocycles. The topological polar surface area (TPSA) is 66.0 Å². The number of halogens is 4. The monoisotopic (exact) mass is 396 g/mol. The van der Waals surface area contributed by atoms with Gasteiger partial charge in [-0.05, 0) is 25.1 Å². The molecule has 0 saturated heterocycles. The summed E-state index contributed by atoms with van der Waals surface area (Å²) in [5.41, 5.74) is 1.57. The Kier molecular flexibility index (Phi) is 4.88. The summed E-state index contributed by atoms with van der Waals surface area (Å²) < 4.78 is 54.5. The second kappa shape index (κ2) is 6.99. The number of aliphatic carboxylic acids is 1. The Hall–Kier alpha value is -2.94. The summed E-state index contributed by atoms with van der Waals surface area (Å²) in [6, 6.07) is 4.72. The number of fused-ring (bicyclic) bond motifs is 2. The van der Waals surface area contributed by atoms with Gasteiger partial charge in [-0.3, -0.25) is 4.79 Å². The van der Waals surface area contributed by atoms with E-state index in [1.807, 2.05) is 0 Å². The van der Waals surface area contributed by atoms with Crippen LogP contribution in [0.4, 0.5) is 17.6 Å². The van der Waals surface area contributed by atoms with Crippen molar-refractivity contribution >= 4 is 38.4 Å². The van der Waals surface area contributed by atoms with Gasteiger partial charge >= 0.3 is 0 Å². The van der Waals surface area contributed by atoms with Crippen LogP contribution in [-0.4, -0.2) is 21.0 Å². The molecule has 0 bridgehead atoms. The van der Waals surface area contributed by atoms with Crippen molar-refractivity contribution in [1.82, 2.24) is 9.97 Å². The highest BCUT2D eigenvalue weighted by molar-refractivity contribution is 7.21. The van der Waals surface area contributed by atoms with Gasteiger partial charge < -0.3 is 10.1 Å². The molecule has 0 spiro atoms. The van der Waals surface area contributed by atoms with E-state index in [-0.39, 0.29) is 10.2 Å². The van der Waals surface area contributed by atoms with Gasteiger partial charge in [-0.15, -0.1) is 11.3 Å². The number of aryl methyl sites for hydroxylation is 1. The van der Waals surface area contributed by atoms with Crippen LogP contribution in [0.25, 0.3) is 31.7 Å². The van der Waals surface area contributed by atoms with Gasteiger partial charge in [0.2, 0.25) is 0 Å². The first kappa shape index (κ1) is 18.8. The molecule has 4 rings (SSSR count). The molecular weight excluding hydrogens is 384 g/mol. The molecule has 0 radical (unpaired) electrons. The number of carboxylic acids is 1. The number of carbonyl (C=O) groups is 1. The first-order valence-corrected chi connectivity index (χ1v) is 8.42.